The Hall–Kier alpha value is -2.27. The second-order valence-electron chi connectivity index (χ2n) is 3.85. The summed E-state index contributed by atoms with van der Waals surface area (Å²) in [6.45, 7) is 0. The number of rotatable bonds is 2. The van der Waals surface area contributed by atoms with Crippen LogP contribution in [0.2, 0.25) is 0 Å². The number of carbonyl (C=O) groups is 2. The normalized spacial score (nSPS) is 10.2. The van der Waals surface area contributed by atoms with Gasteiger partial charge >= 0.3 is 0 Å². The van der Waals surface area contributed by atoms with Gasteiger partial charge in [0.2, 0.25) is 0 Å². The highest BCUT2D eigenvalue weighted by molar-refractivity contribution is 6.34. The van der Waals surface area contributed by atoms with Gasteiger partial charge in [-0.15, -0.1) is 0 Å². The summed E-state index contributed by atoms with van der Waals surface area (Å²) in [5, 5.41) is 0. The SMILES string of the molecule is O=C(c1ccccc1)N(Cl)C(=O)c1c(F)cccc1F. The van der Waals surface area contributed by atoms with Crippen LogP contribution in [0.1, 0.15) is 20.7 Å². The Kier molecular flexibility index (Phi) is 4.10. The van der Waals surface area contributed by atoms with E-state index in [1.165, 1.54) is 12.1 Å². The van der Waals surface area contributed by atoms with Crippen molar-refractivity contribution in [3.63, 3.8) is 0 Å². The van der Waals surface area contributed by atoms with Gasteiger partial charge in [-0.05, 0) is 24.3 Å². The Balaban J connectivity index is 2.32. The van der Waals surface area contributed by atoms with Gasteiger partial charge in [-0.3, -0.25) is 9.59 Å². The molecule has 0 spiro atoms. The minimum Gasteiger partial charge on any atom is -0.267 e. The molecule has 0 atom stereocenters. The molecule has 0 aromatic heterocycles. The van der Waals surface area contributed by atoms with Gasteiger partial charge < -0.3 is 0 Å². The van der Waals surface area contributed by atoms with Gasteiger partial charge in [0.05, 0.1) is 0 Å². The fraction of sp³-hybridized carbons (Fsp3) is 0. The molecule has 0 heterocycles. The third kappa shape index (κ3) is 2.67. The molecule has 0 aliphatic heterocycles. The second kappa shape index (κ2) is 5.79. The molecule has 0 N–H and O–H groups in total. The van der Waals surface area contributed by atoms with Gasteiger partial charge in [0.25, 0.3) is 11.8 Å². The van der Waals surface area contributed by atoms with Crippen LogP contribution in [0, 0.1) is 11.6 Å². The Morgan fingerprint density at radius 1 is 0.850 bits per heavy atom. The molecule has 2 amide bonds. The van der Waals surface area contributed by atoms with Gasteiger partial charge in [-0.25, -0.2) is 8.78 Å². The van der Waals surface area contributed by atoms with E-state index in [-0.39, 0.29) is 9.98 Å². The maximum Gasteiger partial charge on any atom is 0.281 e. The van der Waals surface area contributed by atoms with Gasteiger partial charge in [-0.1, -0.05) is 24.3 Å². The molecule has 2 rings (SSSR count). The summed E-state index contributed by atoms with van der Waals surface area (Å²) in [4.78, 5) is 23.8. The van der Waals surface area contributed by atoms with E-state index >= 15 is 0 Å². The average Bonchev–Trinajstić information content (AvgIpc) is 2.46. The van der Waals surface area contributed by atoms with E-state index in [0.29, 0.717) is 0 Å². The van der Waals surface area contributed by atoms with E-state index in [9.17, 15) is 18.4 Å². The third-order valence-electron chi connectivity index (χ3n) is 2.55. The van der Waals surface area contributed by atoms with Crippen LogP contribution in [-0.2, 0) is 0 Å². The molecule has 0 saturated heterocycles. The van der Waals surface area contributed by atoms with Crippen LogP contribution in [0.4, 0.5) is 8.78 Å². The number of hydrogen-bond donors (Lipinski definition) is 0. The highest BCUT2D eigenvalue weighted by atomic mass is 35.5. The van der Waals surface area contributed by atoms with Gasteiger partial charge in [0, 0.05) is 17.3 Å². The number of amides is 2. The summed E-state index contributed by atoms with van der Waals surface area (Å²) in [7, 11) is 0. The van der Waals surface area contributed by atoms with Crippen molar-refractivity contribution < 1.29 is 18.4 Å². The van der Waals surface area contributed by atoms with E-state index in [2.05, 4.69) is 0 Å². The van der Waals surface area contributed by atoms with Crippen LogP contribution in [0.3, 0.4) is 0 Å². The van der Waals surface area contributed by atoms with Crippen LogP contribution < -0.4 is 0 Å². The smallest absolute Gasteiger partial charge is 0.267 e. The third-order valence-corrected chi connectivity index (χ3v) is 2.86. The summed E-state index contributed by atoms with van der Waals surface area (Å²) in [6, 6.07) is 10.6. The molecule has 0 bridgehead atoms. The molecule has 2 aromatic rings. The lowest BCUT2D eigenvalue weighted by Gasteiger charge is -2.13. The lowest BCUT2D eigenvalue weighted by molar-refractivity contribution is 0.0727. The molecule has 2 aromatic carbocycles. The molecule has 0 saturated carbocycles. The predicted octanol–water partition coefficient (Wildman–Crippen LogP) is 3.40. The first-order chi connectivity index (χ1) is 9.52. The number of nitrogens with zero attached hydrogens (tertiary/aromatic N) is 1. The van der Waals surface area contributed by atoms with Gasteiger partial charge in [0.15, 0.2) is 0 Å². The largest absolute Gasteiger partial charge is 0.281 e. The molecular formula is C14H8ClF2NO2. The number of halogens is 3. The maximum atomic E-state index is 13.5. The molecule has 0 aliphatic rings. The van der Waals surface area contributed by atoms with Crippen LogP contribution in [0.25, 0.3) is 0 Å². The lowest BCUT2D eigenvalue weighted by Crippen LogP contribution is -2.30. The Bertz CT molecular complexity index is 641. The highest BCUT2D eigenvalue weighted by Gasteiger charge is 2.27. The first-order valence-corrected chi connectivity index (χ1v) is 5.90. The summed E-state index contributed by atoms with van der Waals surface area (Å²) in [6.07, 6.45) is 0. The fourth-order valence-electron chi connectivity index (χ4n) is 1.59. The molecule has 20 heavy (non-hydrogen) atoms. The number of hydrogen-bond acceptors (Lipinski definition) is 2. The van der Waals surface area contributed by atoms with Crippen LogP contribution >= 0.6 is 11.8 Å². The lowest BCUT2D eigenvalue weighted by atomic mass is 10.1. The van der Waals surface area contributed by atoms with E-state index in [1.54, 1.807) is 18.2 Å². The molecule has 0 unspecified atom stereocenters. The minimum atomic E-state index is -1.25. The van der Waals surface area contributed by atoms with Crippen LogP contribution in [0.15, 0.2) is 48.5 Å². The first-order valence-electron chi connectivity index (χ1n) is 5.56. The fourth-order valence-corrected chi connectivity index (χ4v) is 1.77. The molecule has 0 aliphatic carbocycles. The van der Waals surface area contributed by atoms with Crippen molar-refractivity contribution >= 4 is 23.6 Å². The van der Waals surface area contributed by atoms with Gasteiger partial charge in [-0.2, -0.15) is 4.42 Å². The van der Waals surface area contributed by atoms with E-state index < -0.39 is 29.0 Å². The minimum absolute atomic E-state index is 0.132. The Labute approximate surface area is 118 Å². The topological polar surface area (TPSA) is 37.4 Å². The van der Waals surface area contributed by atoms with E-state index in [0.717, 1.165) is 18.2 Å². The van der Waals surface area contributed by atoms with Crippen molar-refractivity contribution in [3.05, 3.63) is 71.3 Å². The second-order valence-corrected chi connectivity index (χ2v) is 4.19. The first kappa shape index (κ1) is 14.1. The summed E-state index contributed by atoms with van der Waals surface area (Å²) in [5.74, 6) is -4.28. The van der Waals surface area contributed by atoms with Crippen molar-refractivity contribution in [1.82, 2.24) is 4.42 Å². The molecule has 6 heteroatoms. The summed E-state index contributed by atoms with van der Waals surface area (Å²) in [5.41, 5.74) is -0.737. The maximum absolute atomic E-state index is 13.5. The highest BCUT2D eigenvalue weighted by Crippen LogP contribution is 2.18. The van der Waals surface area contributed by atoms with Crippen molar-refractivity contribution in [1.29, 1.82) is 0 Å². The Morgan fingerprint density at radius 2 is 1.40 bits per heavy atom. The summed E-state index contributed by atoms with van der Waals surface area (Å²) >= 11 is 5.60. The summed E-state index contributed by atoms with van der Waals surface area (Å²) < 4.78 is 27.1. The van der Waals surface area contributed by atoms with E-state index in [1.807, 2.05) is 0 Å². The number of benzene rings is 2. The standard InChI is InChI=1S/C14H8ClF2NO2/c15-18(13(19)9-5-2-1-3-6-9)14(20)12-10(16)7-4-8-11(12)17/h1-8H. The van der Waals surface area contributed by atoms with Crippen molar-refractivity contribution in [2.24, 2.45) is 0 Å². The monoisotopic (exact) mass is 295 g/mol. The Morgan fingerprint density at radius 3 is 1.95 bits per heavy atom. The quantitative estimate of drug-likeness (QED) is 0.629. The van der Waals surface area contributed by atoms with Gasteiger partial charge in [0.1, 0.15) is 17.2 Å². The molecular weight excluding hydrogens is 288 g/mol. The molecule has 102 valence electrons. The zero-order valence-corrected chi connectivity index (χ0v) is 10.8. The zero-order valence-electron chi connectivity index (χ0n) is 10.0. The van der Waals surface area contributed by atoms with Crippen molar-refractivity contribution in [2.75, 3.05) is 0 Å². The van der Waals surface area contributed by atoms with Crippen LogP contribution in [-0.4, -0.2) is 16.2 Å². The zero-order chi connectivity index (χ0) is 14.7. The molecule has 3 nitrogen and oxygen atoms in total. The van der Waals surface area contributed by atoms with Crippen LogP contribution in [0.5, 0.6) is 0 Å². The number of imide groups is 1. The predicted molar refractivity (Wildman–Crippen MR) is 69.2 cm³/mol. The van der Waals surface area contributed by atoms with Crippen molar-refractivity contribution in [3.8, 4) is 0 Å². The molecule has 0 radical (unpaired) electrons. The van der Waals surface area contributed by atoms with Crippen molar-refractivity contribution in [2.45, 2.75) is 0 Å². The van der Waals surface area contributed by atoms with E-state index in [4.69, 9.17) is 11.8 Å². The average molecular weight is 296 g/mol. The molecule has 0 fully saturated rings. The number of carbonyl (C=O) groups excluding carboxylic acids is 2.